The smallest absolute Gasteiger partial charge is 0.343 e. The SMILES string of the molecule is COc1ccc(-c2nnc(NC(=O)c3cccc(NC(=O)/C=C/c4ccccc4OC(=O)c4ccccc4)c3)s2)cc1. The van der Waals surface area contributed by atoms with E-state index in [0.717, 1.165) is 11.3 Å². The van der Waals surface area contributed by atoms with Gasteiger partial charge in [0.2, 0.25) is 11.0 Å². The van der Waals surface area contributed by atoms with Crippen molar-refractivity contribution in [3.05, 3.63) is 126 Å². The zero-order chi connectivity index (χ0) is 29.3. The number of aromatic nitrogens is 2. The second-order valence-electron chi connectivity index (χ2n) is 8.79. The van der Waals surface area contributed by atoms with E-state index in [1.54, 1.807) is 86.0 Å². The fourth-order valence-electron chi connectivity index (χ4n) is 3.83. The summed E-state index contributed by atoms with van der Waals surface area (Å²) in [5, 5.41) is 14.7. The standard InChI is InChI=1S/C32H24N4O5S/c1-40-26-17-14-22(15-18-26)30-35-36-32(42-30)34-29(38)24-11-7-12-25(20-24)33-28(37)19-16-21-8-5-6-13-27(21)41-31(39)23-9-3-2-4-10-23/h2-20H,1H3,(H,33,37)(H,34,36,38)/b19-16+. The molecule has 5 rings (SSSR count). The lowest BCUT2D eigenvalue weighted by Crippen LogP contribution is -2.13. The molecule has 2 N–H and O–H groups in total. The molecule has 0 spiro atoms. The van der Waals surface area contributed by atoms with E-state index in [4.69, 9.17) is 9.47 Å². The van der Waals surface area contributed by atoms with Crippen molar-refractivity contribution in [3.63, 3.8) is 0 Å². The second kappa shape index (κ2) is 13.2. The van der Waals surface area contributed by atoms with E-state index in [1.807, 2.05) is 30.3 Å². The second-order valence-corrected chi connectivity index (χ2v) is 9.77. The third-order valence-electron chi connectivity index (χ3n) is 5.92. The van der Waals surface area contributed by atoms with Crippen molar-refractivity contribution in [2.24, 2.45) is 0 Å². The van der Waals surface area contributed by atoms with Crippen LogP contribution in [0.2, 0.25) is 0 Å². The third kappa shape index (κ3) is 7.12. The quantitative estimate of drug-likeness (QED) is 0.119. The summed E-state index contributed by atoms with van der Waals surface area (Å²) >= 11 is 1.24. The molecule has 4 aromatic carbocycles. The molecule has 5 aromatic rings. The van der Waals surface area contributed by atoms with Gasteiger partial charge < -0.3 is 14.8 Å². The van der Waals surface area contributed by atoms with Crippen molar-refractivity contribution >= 4 is 46.0 Å². The monoisotopic (exact) mass is 576 g/mol. The van der Waals surface area contributed by atoms with Crippen LogP contribution in [0.15, 0.2) is 109 Å². The molecular formula is C32H24N4O5S. The van der Waals surface area contributed by atoms with Crippen molar-refractivity contribution in [1.82, 2.24) is 10.2 Å². The largest absolute Gasteiger partial charge is 0.497 e. The molecule has 2 amide bonds. The van der Waals surface area contributed by atoms with Gasteiger partial charge in [-0.05, 0) is 66.7 Å². The highest BCUT2D eigenvalue weighted by molar-refractivity contribution is 7.18. The number of ether oxygens (including phenoxy) is 2. The molecule has 1 aromatic heterocycles. The van der Waals surface area contributed by atoms with E-state index in [9.17, 15) is 14.4 Å². The molecule has 0 fully saturated rings. The fourth-order valence-corrected chi connectivity index (χ4v) is 4.57. The normalized spacial score (nSPS) is 10.7. The topological polar surface area (TPSA) is 120 Å². The van der Waals surface area contributed by atoms with Crippen LogP contribution in [0.25, 0.3) is 16.6 Å². The zero-order valence-electron chi connectivity index (χ0n) is 22.3. The minimum absolute atomic E-state index is 0.320. The Balaban J connectivity index is 1.20. The first kappa shape index (κ1) is 27.9. The third-order valence-corrected chi connectivity index (χ3v) is 6.81. The Bertz CT molecular complexity index is 1750. The summed E-state index contributed by atoms with van der Waals surface area (Å²) in [6, 6.07) is 29.4. The number of carbonyl (C=O) groups excluding carboxylic acids is 3. The number of para-hydroxylation sites is 1. The van der Waals surface area contributed by atoms with E-state index in [-0.39, 0.29) is 0 Å². The number of rotatable bonds is 9. The molecule has 10 heteroatoms. The van der Waals surface area contributed by atoms with Crippen LogP contribution in [0.1, 0.15) is 26.3 Å². The molecular weight excluding hydrogens is 552 g/mol. The highest BCUT2D eigenvalue weighted by atomic mass is 32.1. The van der Waals surface area contributed by atoms with E-state index in [1.165, 1.54) is 17.4 Å². The van der Waals surface area contributed by atoms with Gasteiger partial charge in [0.05, 0.1) is 12.7 Å². The van der Waals surface area contributed by atoms with Gasteiger partial charge in [-0.15, -0.1) is 10.2 Å². The lowest BCUT2D eigenvalue weighted by Gasteiger charge is -2.08. The predicted molar refractivity (Wildman–Crippen MR) is 162 cm³/mol. The Hall–Kier alpha value is -5.61. The van der Waals surface area contributed by atoms with Gasteiger partial charge in [0.25, 0.3) is 5.91 Å². The summed E-state index contributed by atoms with van der Waals surface area (Å²) in [6.07, 6.45) is 2.87. The van der Waals surface area contributed by atoms with Crippen LogP contribution >= 0.6 is 11.3 Å². The van der Waals surface area contributed by atoms with Crippen LogP contribution in [0.5, 0.6) is 11.5 Å². The molecule has 9 nitrogen and oxygen atoms in total. The van der Waals surface area contributed by atoms with Gasteiger partial charge in [-0.25, -0.2) is 4.79 Å². The number of nitrogens with one attached hydrogen (secondary N) is 2. The minimum atomic E-state index is -0.499. The van der Waals surface area contributed by atoms with Crippen molar-refractivity contribution in [1.29, 1.82) is 0 Å². The number of hydrogen-bond donors (Lipinski definition) is 2. The molecule has 0 radical (unpaired) electrons. The molecule has 0 unspecified atom stereocenters. The van der Waals surface area contributed by atoms with Crippen LogP contribution in [0.3, 0.4) is 0 Å². The number of benzene rings is 4. The molecule has 0 atom stereocenters. The summed E-state index contributed by atoms with van der Waals surface area (Å²) in [6.45, 7) is 0. The number of carbonyl (C=O) groups is 3. The van der Waals surface area contributed by atoms with Crippen molar-refractivity contribution in [2.45, 2.75) is 0 Å². The summed E-state index contributed by atoms with van der Waals surface area (Å²) in [7, 11) is 1.60. The molecule has 0 aliphatic carbocycles. The molecule has 1 heterocycles. The number of methoxy groups -OCH3 is 1. The summed E-state index contributed by atoms with van der Waals surface area (Å²) in [4.78, 5) is 38.0. The van der Waals surface area contributed by atoms with E-state index >= 15 is 0 Å². The van der Waals surface area contributed by atoms with Crippen LogP contribution in [0, 0.1) is 0 Å². The Labute approximate surface area is 245 Å². The van der Waals surface area contributed by atoms with Crippen LogP contribution in [0.4, 0.5) is 10.8 Å². The maximum absolute atomic E-state index is 12.9. The van der Waals surface area contributed by atoms with Gasteiger partial charge in [0.1, 0.15) is 16.5 Å². The fraction of sp³-hybridized carbons (Fsp3) is 0.0312. The van der Waals surface area contributed by atoms with Gasteiger partial charge in [-0.2, -0.15) is 0 Å². The van der Waals surface area contributed by atoms with Gasteiger partial charge in [-0.3, -0.25) is 14.9 Å². The predicted octanol–water partition coefficient (Wildman–Crippen LogP) is 6.34. The maximum Gasteiger partial charge on any atom is 0.343 e. The van der Waals surface area contributed by atoms with Crippen molar-refractivity contribution < 1.29 is 23.9 Å². The Morgan fingerprint density at radius 3 is 2.31 bits per heavy atom. The number of esters is 1. The van der Waals surface area contributed by atoms with Crippen LogP contribution in [-0.2, 0) is 4.79 Å². The zero-order valence-corrected chi connectivity index (χ0v) is 23.1. The lowest BCUT2D eigenvalue weighted by atomic mass is 10.1. The van der Waals surface area contributed by atoms with Crippen molar-refractivity contribution in [3.8, 4) is 22.1 Å². The molecule has 208 valence electrons. The Morgan fingerprint density at radius 2 is 1.52 bits per heavy atom. The maximum atomic E-state index is 12.9. The average molecular weight is 577 g/mol. The van der Waals surface area contributed by atoms with Gasteiger partial charge >= 0.3 is 5.97 Å². The lowest BCUT2D eigenvalue weighted by molar-refractivity contribution is -0.111. The van der Waals surface area contributed by atoms with E-state index < -0.39 is 17.8 Å². The molecule has 0 saturated heterocycles. The van der Waals surface area contributed by atoms with Crippen LogP contribution < -0.4 is 20.1 Å². The minimum Gasteiger partial charge on any atom is -0.497 e. The van der Waals surface area contributed by atoms with Gasteiger partial charge in [0, 0.05) is 28.5 Å². The molecule has 0 bridgehead atoms. The molecule has 0 saturated carbocycles. The van der Waals surface area contributed by atoms with E-state index in [2.05, 4.69) is 20.8 Å². The first-order chi connectivity index (χ1) is 20.5. The van der Waals surface area contributed by atoms with Gasteiger partial charge in [-0.1, -0.05) is 53.8 Å². The first-order valence-corrected chi connectivity index (χ1v) is 13.5. The Morgan fingerprint density at radius 1 is 0.786 bits per heavy atom. The number of amides is 2. The average Bonchev–Trinajstić information content (AvgIpc) is 3.49. The molecule has 0 aliphatic rings. The Kier molecular flexibility index (Phi) is 8.76. The number of nitrogens with zero attached hydrogens (tertiary/aromatic N) is 2. The summed E-state index contributed by atoms with van der Waals surface area (Å²) in [5.74, 6) is -0.269. The molecule has 0 aliphatic heterocycles. The van der Waals surface area contributed by atoms with Crippen LogP contribution in [-0.4, -0.2) is 35.1 Å². The number of anilines is 2. The summed E-state index contributed by atoms with van der Waals surface area (Å²) in [5.41, 5.74) is 2.58. The highest BCUT2D eigenvalue weighted by Crippen LogP contribution is 2.28. The van der Waals surface area contributed by atoms with Gasteiger partial charge in [0.15, 0.2) is 0 Å². The van der Waals surface area contributed by atoms with E-state index in [0.29, 0.717) is 38.3 Å². The summed E-state index contributed by atoms with van der Waals surface area (Å²) < 4.78 is 10.7. The van der Waals surface area contributed by atoms with Crippen molar-refractivity contribution in [2.75, 3.05) is 17.7 Å². The highest BCUT2D eigenvalue weighted by Gasteiger charge is 2.13. The number of hydrogen-bond acceptors (Lipinski definition) is 8. The molecule has 42 heavy (non-hydrogen) atoms. The first-order valence-electron chi connectivity index (χ1n) is 12.7.